The van der Waals surface area contributed by atoms with Crippen LogP contribution in [-0.4, -0.2) is 21.5 Å². The average molecular weight is 354 g/mol. The predicted octanol–water partition coefficient (Wildman–Crippen LogP) is 4.70. The molecule has 3 aliphatic heterocycles. The molecule has 0 spiro atoms. The lowest BCUT2D eigenvalue weighted by molar-refractivity contribution is 0.714. The van der Waals surface area contributed by atoms with Gasteiger partial charge in [0.1, 0.15) is 11.5 Å². The van der Waals surface area contributed by atoms with Crippen molar-refractivity contribution in [1.29, 1.82) is 0 Å². The SMILES string of the molecule is CCc1nc(N2CCc3ccccc3C2)c2nc(-c3ccccc3)cc-2[nH]1. The molecule has 0 amide bonds. The van der Waals surface area contributed by atoms with Crippen molar-refractivity contribution in [2.75, 3.05) is 11.4 Å². The van der Waals surface area contributed by atoms with Crippen molar-refractivity contribution < 1.29 is 0 Å². The summed E-state index contributed by atoms with van der Waals surface area (Å²) in [5.41, 5.74) is 6.99. The topological polar surface area (TPSA) is 44.8 Å². The van der Waals surface area contributed by atoms with E-state index in [1.54, 1.807) is 0 Å². The number of nitrogens with zero attached hydrogens (tertiary/aromatic N) is 3. The minimum absolute atomic E-state index is 0.874. The molecule has 0 atom stereocenters. The van der Waals surface area contributed by atoms with Crippen LogP contribution in [0.15, 0.2) is 60.7 Å². The van der Waals surface area contributed by atoms with Gasteiger partial charge >= 0.3 is 0 Å². The van der Waals surface area contributed by atoms with Crippen molar-refractivity contribution in [2.24, 2.45) is 0 Å². The van der Waals surface area contributed by atoms with Crippen LogP contribution in [0.25, 0.3) is 22.6 Å². The molecule has 0 fully saturated rings. The second-order valence-corrected chi connectivity index (χ2v) is 7.07. The highest BCUT2D eigenvalue weighted by Gasteiger charge is 2.24. The third-order valence-electron chi connectivity index (χ3n) is 5.33. The molecule has 4 heteroatoms. The molecule has 0 bridgehead atoms. The first-order chi connectivity index (χ1) is 13.3. The van der Waals surface area contributed by atoms with E-state index in [0.717, 1.165) is 60.2 Å². The molecule has 4 nitrogen and oxygen atoms in total. The Hall–Kier alpha value is -3.14. The molecule has 0 aliphatic carbocycles. The van der Waals surface area contributed by atoms with Crippen molar-refractivity contribution in [1.82, 2.24) is 15.0 Å². The first kappa shape index (κ1) is 16.1. The van der Waals surface area contributed by atoms with E-state index >= 15 is 0 Å². The second kappa shape index (κ2) is 6.54. The molecule has 27 heavy (non-hydrogen) atoms. The number of H-pyrrole nitrogens is 1. The summed E-state index contributed by atoms with van der Waals surface area (Å²) in [5, 5.41) is 0. The van der Waals surface area contributed by atoms with E-state index in [9.17, 15) is 0 Å². The van der Waals surface area contributed by atoms with Gasteiger partial charge in [-0.1, -0.05) is 61.5 Å². The van der Waals surface area contributed by atoms with Crippen LogP contribution in [0.3, 0.4) is 0 Å². The summed E-state index contributed by atoms with van der Waals surface area (Å²) in [6.07, 6.45) is 1.92. The molecule has 0 saturated heterocycles. The summed E-state index contributed by atoms with van der Waals surface area (Å²) >= 11 is 0. The molecule has 2 aromatic carbocycles. The standard InChI is InChI=1S/C23H22N4/c1-2-21-24-20-14-19(17-9-4-3-5-10-17)25-22(20)23(26-21)27-13-12-16-8-6-7-11-18(16)15-27/h3-11,14H,2,12-13,15H2,1H3,(H,24,26). The van der Waals surface area contributed by atoms with E-state index in [0.29, 0.717) is 0 Å². The summed E-state index contributed by atoms with van der Waals surface area (Å²) < 4.78 is 0. The monoisotopic (exact) mass is 354 g/mol. The summed E-state index contributed by atoms with van der Waals surface area (Å²) in [6.45, 7) is 3.99. The molecule has 2 aromatic rings. The number of aromatic nitrogens is 3. The van der Waals surface area contributed by atoms with Crippen LogP contribution >= 0.6 is 0 Å². The van der Waals surface area contributed by atoms with Gasteiger partial charge in [-0.25, -0.2) is 9.97 Å². The Morgan fingerprint density at radius 2 is 1.74 bits per heavy atom. The molecular weight excluding hydrogens is 332 g/mol. The van der Waals surface area contributed by atoms with Gasteiger partial charge in [-0.15, -0.1) is 0 Å². The fourth-order valence-corrected chi connectivity index (χ4v) is 3.87. The van der Waals surface area contributed by atoms with Crippen molar-refractivity contribution >= 4 is 5.82 Å². The number of hydrogen-bond donors (Lipinski definition) is 1. The van der Waals surface area contributed by atoms with Crippen LogP contribution in [0, 0.1) is 0 Å². The number of rotatable bonds is 3. The lowest BCUT2D eigenvalue weighted by atomic mass is 10.00. The van der Waals surface area contributed by atoms with Gasteiger partial charge in [-0.3, -0.25) is 0 Å². The van der Waals surface area contributed by atoms with Crippen molar-refractivity contribution in [3.05, 3.63) is 77.6 Å². The highest BCUT2D eigenvalue weighted by atomic mass is 15.2. The van der Waals surface area contributed by atoms with E-state index in [4.69, 9.17) is 9.97 Å². The fraction of sp³-hybridized carbons (Fsp3) is 0.217. The number of aromatic amines is 1. The first-order valence-corrected chi connectivity index (χ1v) is 9.58. The fourth-order valence-electron chi connectivity index (χ4n) is 3.87. The van der Waals surface area contributed by atoms with Gasteiger partial charge in [-0.05, 0) is 23.6 Å². The largest absolute Gasteiger partial charge is 0.350 e. The number of fused-ring (bicyclic) bond motifs is 2. The maximum absolute atomic E-state index is 4.95. The molecule has 0 unspecified atom stereocenters. The minimum Gasteiger partial charge on any atom is -0.350 e. The number of aryl methyl sites for hydroxylation is 1. The van der Waals surface area contributed by atoms with E-state index in [1.807, 2.05) is 6.07 Å². The number of hydrogen-bond acceptors (Lipinski definition) is 3. The number of benzene rings is 2. The molecule has 3 aliphatic rings. The highest BCUT2D eigenvalue weighted by molar-refractivity contribution is 5.78. The minimum atomic E-state index is 0.874. The van der Waals surface area contributed by atoms with E-state index in [2.05, 4.69) is 71.4 Å². The number of anilines is 1. The molecule has 1 N–H and O–H groups in total. The lowest BCUT2D eigenvalue weighted by Gasteiger charge is -2.31. The predicted molar refractivity (Wildman–Crippen MR) is 109 cm³/mol. The Morgan fingerprint density at radius 3 is 2.56 bits per heavy atom. The number of nitrogens with one attached hydrogen (secondary N) is 1. The average Bonchev–Trinajstić information content (AvgIpc) is 3.17. The summed E-state index contributed by atoms with van der Waals surface area (Å²) in [4.78, 5) is 15.7. The van der Waals surface area contributed by atoms with Crippen LogP contribution in [0.5, 0.6) is 0 Å². The highest BCUT2D eigenvalue weighted by Crippen LogP contribution is 2.35. The Kier molecular flexibility index (Phi) is 3.89. The summed E-state index contributed by atoms with van der Waals surface area (Å²) in [6, 6.07) is 21.2. The van der Waals surface area contributed by atoms with Gasteiger partial charge < -0.3 is 9.88 Å². The molecule has 5 rings (SSSR count). The quantitative estimate of drug-likeness (QED) is 0.580. The van der Waals surface area contributed by atoms with E-state index in [1.165, 1.54) is 11.1 Å². The lowest BCUT2D eigenvalue weighted by Crippen LogP contribution is -2.32. The molecule has 0 saturated carbocycles. The van der Waals surface area contributed by atoms with Gasteiger partial charge in [0.05, 0.1) is 11.4 Å². The smallest absolute Gasteiger partial charge is 0.159 e. The van der Waals surface area contributed by atoms with Crippen LogP contribution in [0.4, 0.5) is 5.82 Å². The zero-order valence-corrected chi connectivity index (χ0v) is 15.4. The molecule has 134 valence electrons. The Bertz CT molecular complexity index is 1050. The third kappa shape index (κ3) is 2.87. The molecule has 0 radical (unpaired) electrons. The Morgan fingerprint density at radius 1 is 0.963 bits per heavy atom. The molecule has 3 heterocycles. The summed E-state index contributed by atoms with van der Waals surface area (Å²) in [7, 11) is 0. The van der Waals surface area contributed by atoms with Gasteiger partial charge in [0.25, 0.3) is 0 Å². The van der Waals surface area contributed by atoms with Crippen molar-refractivity contribution in [3.63, 3.8) is 0 Å². The maximum Gasteiger partial charge on any atom is 0.159 e. The van der Waals surface area contributed by atoms with Crippen LogP contribution in [0.2, 0.25) is 0 Å². The van der Waals surface area contributed by atoms with E-state index in [-0.39, 0.29) is 0 Å². The maximum atomic E-state index is 4.95. The normalized spacial score (nSPS) is 13.7. The Balaban J connectivity index is 1.60. The molecule has 0 aromatic heterocycles. The van der Waals surface area contributed by atoms with Gasteiger partial charge in [-0.2, -0.15) is 0 Å². The summed E-state index contributed by atoms with van der Waals surface area (Å²) in [5.74, 6) is 2.00. The second-order valence-electron chi connectivity index (χ2n) is 7.07. The van der Waals surface area contributed by atoms with Crippen molar-refractivity contribution in [2.45, 2.75) is 26.3 Å². The van der Waals surface area contributed by atoms with Crippen molar-refractivity contribution in [3.8, 4) is 22.6 Å². The van der Waals surface area contributed by atoms with Crippen LogP contribution in [0.1, 0.15) is 23.9 Å². The van der Waals surface area contributed by atoms with Crippen LogP contribution in [-0.2, 0) is 19.4 Å². The van der Waals surface area contributed by atoms with Gasteiger partial charge in [0.2, 0.25) is 0 Å². The third-order valence-corrected chi connectivity index (χ3v) is 5.33. The van der Waals surface area contributed by atoms with Crippen LogP contribution < -0.4 is 4.90 Å². The van der Waals surface area contributed by atoms with Gasteiger partial charge in [0.15, 0.2) is 5.82 Å². The zero-order valence-electron chi connectivity index (χ0n) is 15.4. The zero-order chi connectivity index (χ0) is 18.2. The Labute approximate surface area is 159 Å². The van der Waals surface area contributed by atoms with Gasteiger partial charge in [0, 0.05) is 25.1 Å². The first-order valence-electron chi connectivity index (χ1n) is 9.58. The van der Waals surface area contributed by atoms with E-state index < -0.39 is 0 Å². The molecular formula is C23H22N4.